The standard InChI is InChI=1S/C16H21F2N5O/c1-10-5-8-23(22-10)15-20-13(11(2)24)9-14(21-15)19-12-3-6-16(17,18)7-4-12/h5,8-9,11-12,24H,3-4,6-7H2,1-2H3,(H,19,20,21). The van der Waals surface area contributed by atoms with Crippen LogP contribution >= 0.6 is 0 Å². The van der Waals surface area contributed by atoms with E-state index in [1.54, 1.807) is 19.2 Å². The number of hydrogen-bond donors (Lipinski definition) is 2. The Hall–Kier alpha value is -2.09. The quantitative estimate of drug-likeness (QED) is 0.897. The van der Waals surface area contributed by atoms with Gasteiger partial charge in [0, 0.05) is 31.1 Å². The van der Waals surface area contributed by atoms with Crippen molar-refractivity contribution in [2.75, 3.05) is 5.32 Å². The highest BCUT2D eigenvalue weighted by Gasteiger charge is 2.35. The van der Waals surface area contributed by atoms with E-state index in [2.05, 4.69) is 20.4 Å². The van der Waals surface area contributed by atoms with Gasteiger partial charge in [-0.2, -0.15) is 10.1 Å². The Morgan fingerprint density at radius 2 is 2.04 bits per heavy atom. The average molecular weight is 337 g/mol. The third-order valence-corrected chi connectivity index (χ3v) is 4.16. The molecule has 0 saturated heterocycles. The van der Waals surface area contributed by atoms with Crippen molar-refractivity contribution in [2.24, 2.45) is 0 Å². The van der Waals surface area contributed by atoms with E-state index >= 15 is 0 Å². The second-order valence-corrected chi connectivity index (χ2v) is 6.33. The SMILES string of the molecule is Cc1ccn(-c2nc(NC3CCC(F)(F)CC3)cc(C(C)O)n2)n1. The lowest BCUT2D eigenvalue weighted by Crippen LogP contribution is -2.32. The maximum absolute atomic E-state index is 13.3. The molecule has 24 heavy (non-hydrogen) atoms. The number of alkyl halides is 2. The monoisotopic (exact) mass is 337 g/mol. The molecular formula is C16H21F2N5O. The lowest BCUT2D eigenvalue weighted by Gasteiger charge is -2.29. The van der Waals surface area contributed by atoms with Gasteiger partial charge >= 0.3 is 0 Å². The molecule has 2 heterocycles. The highest BCUT2D eigenvalue weighted by Crippen LogP contribution is 2.34. The molecule has 0 bridgehead atoms. The van der Waals surface area contributed by atoms with Gasteiger partial charge in [-0.1, -0.05) is 0 Å². The second kappa shape index (κ2) is 6.43. The van der Waals surface area contributed by atoms with E-state index in [9.17, 15) is 13.9 Å². The molecule has 0 radical (unpaired) electrons. The Labute approximate surface area is 138 Å². The van der Waals surface area contributed by atoms with E-state index in [1.807, 2.05) is 13.0 Å². The van der Waals surface area contributed by atoms with Gasteiger partial charge in [-0.25, -0.2) is 18.4 Å². The molecule has 1 aliphatic carbocycles. The van der Waals surface area contributed by atoms with Crippen molar-refractivity contribution < 1.29 is 13.9 Å². The Bertz CT molecular complexity index is 706. The van der Waals surface area contributed by atoms with Crippen molar-refractivity contribution in [3.8, 4) is 5.95 Å². The van der Waals surface area contributed by atoms with Gasteiger partial charge in [0.05, 0.1) is 17.5 Å². The van der Waals surface area contributed by atoms with Crippen molar-refractivity contribution in [1.82, 2.24) is 19.7 Å². The first-order valence-electron chi connectivity index (χ1n) is 8.06. The van der Waals surface area contributed by atoms with Crippen molar-refractivity contribution in [3.63, 3.8) is 0 Å². The minimum atomic E-state index is -2.56. The number of aliphatic hydroxyl groups is 1. The summed E-state index contributed by atoms with van der Waals surface area (Å²) in [4.78, 5) is 8.72. The molecule has 2 aromatic rings. The zero-order chi connectivity index (χ0) is 17.3. The number of hydrogen-bond acceptors (Lipinski definition) is 5. The predicted octanol–water partition coefficient (Wildman–Crippen LogP) is 3.01. The molecule has 2 N–H and O–H groups in total. The number of nitrogens with zero attached hydrogens (tertiary/aromatic N) is 4. The van der Waals surface area contributed by atoms with Gasteiger partial charge in [0.25, 0.3) is 5.95 Å². The first kappa shape index (κ1) is 16.8. The third kappa shape index (κ3) is 3.87. The minimum absolute atomic E-state index is 0.0615. The summed E-state index contributed by atoms with van der Waals surface area (Å²) in [5, 5.41) is 17.3. The highest BCUT2D eigenvalue weighted by atomic mass is 19.3. The first-order chi connectivity index (χ1) is 11.3. The zero-order valence-corrected chi connectivity index (χ0v) is 13.7. The van der Waals surface area contributed by atoms with Crippen LogP contribution in [-0.4, -0.2) is 36.8 Å². The molecule has 1 atom stereocenters. The molecule has 8 heteroatoms. The summed E-state index contributed by atoms with van der Waals surface area (Å²) in [5.41, 5.74) is 1.28. The van der Waals surface area contributed by atoms with E-state index in [0.717, 1.165) is 5.69 Å². The van der Waals surface area contributed by atoms with Gasteiger partial charge in [-0.05, 0) is 32.8 Å². The molecular weight excluding hydrogens is 316 g/mol. The van der Waals surface area contributed by atoms with Crippen molar-refractivity contribution >= 4 is 5.82 Å². The molecule has 1 saturated carbocycles. The van der Waals surface area contributed by atoms with Crippen LogP contribution in [0.15, 0.2) is 18.3 Å². The summed E-state index contributed by atoms with van der Waals surface area (Å²) in [6.07, 6.45) is 1.50. The fourth-order valence-electron chi connectivity index (χ4n) is 2.76. The number of nitrogens with one attached hydrogen (secondary N) is 1. The van der Waals surface area contributed by atoms with Crippen LogP contribution in [0.5, 0.6) is 0 Å². The number of anilines is 1. The molecule has 0 aliphatic heterocycles. The van der Waals surface area contributed by atoms with Crippen molar-refractivity contribution in [3.05, 3.63) is 29.7 Å². The summed E-state index contributed by atoms with van der Waals surface area (Å²) in [7, 11) is 0. The van der Waals surface area contributed by atoms with Gasteiger partial charge in [-0.15, -0.1) is 0 Å². The average Bonchev–Trinajstić information content (AvgIpc) is 2.96. The number of halogens is 2. The Morgan fingerprint density at radius 3 is 2.62 bits per heavy atom. The largest absolute Gasteiger partial charge is 0.387 e. The Morgan fingerprint density at radius 1 is 1.33 bits per heavy atom. The second-order valence-electron chi connectivity index (χ2n) is 6.33. The number of aromatic nitrogens is 4. The molecule has 0 spiro atoms. The summed E-state index contributed by atoms with van der Waals surface area (Å²) < 4.78 is 28.1. The molecule has 1 fully saturated rings. The fraction of sp³-hybridized carbons (Fsp3) is 0.562. The smallest absolute Gasteiger partial charge is 0.252 e. The van der Waals surface area contributed by atoms with Gasteiger partial charge in [0.2, 0.25) is 5.92 Å². The molecule has 0 amide bonds. The van der Waals surface area contributed by atoms with Gasteiger partial charge < -0.3 is 10.4 Å². The topological polar surface area (TPSA) is 75.9 Å². The summed E-state index contributed by atoms with van der Waals surface area (Å²) in [6.45, 7) is 3.47. The summed E-state index contributed by atoms with van der Waals surface area (Å²) >= 11 is 0. The molecule has 1 aliphatic rings. The van der Waals surface area contributed by atoms with Crippen molar-refractivity contribution in [2.45, 2.75) is 57.6 Å². The lowest BCUT2D eigenvalue weighted by molar-refractivity contribution is -0.0361. The third-order valence-electron chi connectivity index (χ3n) is 4.16. The summed E-state index contributed by atoms with van der Waals surface area (Å²) in [5.74, 6) is -1.71. The van der Waals surface area contributed by atoms with Crippen LogP contribution in [0.4, 0.5) is 14.6 Å². The molecule has 1 unspecified atom stereocenters. The molecule has 130 valence electrons. The van der Waals surface area contributed by atoms with Crippen LogP contribution in [0.2, 0.25) is 0 Å². The van der Waals surface area contributed by atoms with Crippen LogP contribution < -0.4 is 5.32 Å². The van der Waals surface area contributed by atoms with Crippen LogP contribution in [0.3, 0.4) is 0 Å². The number of aryl methyl sites for hydroxylation is 1. The zero-order valence-electron chi connectivity index (χ0n) is 13.7. The Balaban J connectivity index is 1.83. The molecule has 0 aromatic carbocycles. The van der Waals surface area contributed by atoms with Gasteiger partial charge in [0.15, 0.2) is 0 Å². The maximum Gasteiger partial charge on any atom is 0.252 e. The number of rotatable bonds is 4. The minimum Gasteiger partial charge on any atom is -0.387 e. The van der Waals surface area contributed by atoms with E-state index in [0.29, 0.717) is 30.3 Å². The molecule has 6 nitrogen and oxygen atoms in total. The fourth-order valence-corrected chi connectivity index (χ4v) is 2.76. The predicted molar refractivity (Wildman–Crippen MR) is 85.4 cm³/mol. The number of aliphatic hydroxyl groups excluding tert-OH is 1. The van der Waals surface area contributed by atoms with Crippen molar-refractivity contribution in [1.29, 1.82) is 0 Å². The van der Waals surface area contributed by atoms with Gasteiger partial charge in [0.1, 0.15) is 5.82 Å². The van der Waals surface area contributed by atoms with E-state index in [-0.39, 0.29) is 18.9 Å². The van der Waals surface area contributed by atoms with Crippen LogP contribution in [-0.2, 0) is 0 Å². The molecule has 2 aromatic heterocycles. The van der Waals surface area contributed by atoms with Crippen LogP contribution in [0, 0.1) is 6.92 Å². The first-order valence-corrected chi connectivity index (χ1v) is 8.06. The maximum atomic E-state index is 13.3. The lowest BCUT2D eigenvalue weighted by atomic mass is 9.92. The Kier molecular flexibility index (Phi) is 4.49. The normalized spacial score (nSPS) is 19.2. The van der Waals surface area contributed by atoms with E-state index in [4.69, 9.17) is 0 Å². The van der Waals surface area contributed by atoms with Crippen LogP contribution in [0.1, 0.15) is 50.1 Å². The van der Waals surface area contributed by atoms with Crippen LogP contribution in [0.25, 0.3) is 5.95 Å². The van der Waals surface area contributed by atoms with E-state index in [1.165, 1.54) is 4.68 Å². The molecule has 3 rings (SSSR count). The summed E-state index contributed by atoms with van der Waals surface area (Å²) in [6, 6.07) is 3.42. The highest BCUT2D eigenvalue weighted by molar-refractivity contribution is 5.40. The van der Waals surface area contributed by atoms with E-state index < -0.39 is 12.0 Å². The van der Waals surface area contributed by atoms with Gasteiger partial charge in [-0.3, -0.25) is 0 Å².